The molecule has 1 saturated carbocycles. The molecule has 2 aromatic rings. The van der Waals surface area contributed by atoms with Gasteiger partial charge in [0.15, 0.2) is 0 Å². The highest BCUT2D eigenvalue weighted by molar-refractivity contribution is 5.61. The molecule has 146 valence electrons. The molecule has 2 heteroatoms. The first kappa shape index (κ1) is 20.0. The first-order chi connectivity index (χ1) is 13.3. The van der Waals surface area contributed by atoms with E-state index < -0.39 is 0 Å². The Morgan fingerprint density at radius 1 is 0.741 bits per heavy atom. The van der Waals surface area contributed by atoms with Crippen LogP contribution in [0.15, 0.2) is 36.7 Å². The Bertz CT molecular complexity index is 652. The normalized spacial score (nSPS) is 19.9. The van der Waals surface area contributed by atoms with Gasteiger partial charge in [0.2, 0.25) is 0 Å². The summed E-state index contributed by atoms with van der Waals surface area (Å²) in [6, 6.07) is 8.84. The third-order valence-corrected chi connectivity index (χ3v) is 6.24. The van der Waals surface area contributed by atoms with Gasteiger partial charge in [-0.25, -0.2) is 9.97 Å². The summed E-state index contributed by atoms with van der Waals surface area (Å²) in [6.45, 7) is 4.52. The van der Waals surface area contributed by atoms with Crippen molar-refractivity contribution < 1.29 is 0 Å². The first-order valence-electron chi connectivity index (χ1n) is 11.2. The number of benzene rings is 1. The van der Waals surface area contributed by atoms with Crippen LogP contribution in [0.5, 0.6) is 0 Å². The lowest BCUT2D eigenvalue weighted by Crippen LogP contribution is -2.15. The third-order valence-electron chi connectivity index (χ3n) is 6.24. The van der Waals surface area contributed by atoms with Crippen LogP contribution >= 0.6 is 0 Å². The van der Waals surface area contributed by atoms with Gasteiger partial charge >= 0.3 is 0 Å². The number of nitrogens with zero attached hydrogens (tertiary/aromatic N) is 2. The summed E-state index contributed by atoms with van der Waals surface area (Å²) >= 11 is 0. The van der Waals surface area contributed by atoms with E-state index in [-0.39, 0.29) is 0 Å². The molecular formula is C25H36N2. The molecule has 1 aliphatic carbocycles. The molecule has 27 heavy (non-hydrogen) atoms. The van der Waals surface area contributed by atoms with Gasteiger partial charge in [0.05, 0.1) is 0 Å². The molecule has 0 unspecified atom stereocenters. The van der Waals surface area contributed by atoms with Crippen LogP contribution in [0.25, 0.3) is 11.1 Å². The number of hydrogen-bond acceptors (Lipinski definition) is 2. The average molecular weight is 365 g/mol. The summed E-state index contributed by atoms with van der Waals surface area (Å²) in [7, 11) is 0. The van der Waals surface area contributed by atoms with Crippen LogP contribution in [0.2, 0.25) is 0 Å². The van der Waals surface area contributed by atoms with E-state index in [1.165, 1.54) is 68.9 Å². The van der Waals surface area contributed by atoms with Gasteiger partial charge in [-0.15, -0.1) is 0 Å². The van der Waals surface area contributed by atoms with Gasteiger partial charge in [-0.3, -0.25) is 0 Å². The van der Waals surface area contributed by atoms with E-state index in [9.17, 15) is 0 Å². The lowest BCUT2D eigenvalue weighted by atomic mass is 9.78. The maximum absolute atomic E-state index is 4.64. The molecule has 3 rings (SSSR count). The second-order valence-electron chi connectivity index (χ2n) is 8.40. The Balaban J connectivity index is 1.45. The molecule has 0 aliphatic heterocycles. The van der Waals surface area contributed by atoms with Gasteiger partial charge in [-0.05, 0) is 35.8 Å². The van der Waals surface area contributed by atoms with Crippen molar-refractivity contribution in [2.75, 3.05) is 0 Å². The van der Waals surface area contributed by atoms with Crippen molar-refractivity contribution in [1.82, 2.24) is 9.97 Å². The smallest absolute Gasteiger partial charge is 0.128 e. The lowest BCUT2D eigenvalue weighted by Gasteiger charge is -2.28. The fourth-order valence-corrected chi connectivity index (χ4v) is 4.42. The van der Waals surface area contributed by atoms with Crippen LogP contribution in [0.4, 0.5) is 0 Å². The van der Waals surface area contributed by atoms with Gasteiger partial charge in [0.25, 0.3) is 0 Å². The highest BCUT2D eigenvalue weighted by Gasteiger charge is 2.20. The van der Waals surface area contributed by atoms with Crippen molar-refractivity contribution in [3.8, 4) is 11.1 Å². The highest BCUT2D eigenvalue weighted by Crippen LogP contribution is 2.34. The number of unbranched alkanes of at least 4 members (excludes halogenated alkanes) is 1. The molecule has 1 aliphatic rings. The fourth-order valence-electron chi connectivity index (χ4n) is 4.42. The van der Waals surface area contributed by atoms with E-state index >= 15 is 0 Å². The van der Waals surface area contributed by atoms with Gasteiger partial charge in [-0.1, -0.05) is 89.5 Å². The molecule has 0 atom stereocenters. The Hall–Kier alpha value is -1.70. The fraction of sp³-hybridized carbons (Fsp3) is 0.600. The SMILES string of the molecule is CCCCC1CCC(CCc2ncc(-c3ccc(CCC)cc3)cn2)CC1. The summed E-state index contributed by atoms with van der Waals surface area (Å²) in [5.41, 5.74) is 3.74. The molecule has 1 heterocycles. The second kappa shape index (κ2) is 10.6. The van der Waals surface area contributed by atoms with Crippen molar-refractivity contribution in [3.63, 3.8) is 0 Å². The van der Waals surface area contributed by atoms with Gasteiger partial charge in [-0.2, -0.15) is 0 Å². The number of rotatable bonds is 9. The zero-order valence-electron chi connectivity index (χ0n) is 17.3. The zero-order chi connectivity index (χ0) is 18.9. The molecule has 0 radical (unpaired) electrons. The van der Waals surface area contributed by atoms with Crippen LogP contribution in [-0.2, 0) is 12.8 Å². The van der Waals surface area contributed by atoms with Crippen LogP contribution < -0.4 is 0 Å². The van der Waals surface area contributed by atoms with Crippen LogP contribution in [0.3, 0.4) is 0 Å². The minimum atomic E-state index is 0.886. The third kappa shape index (κ3) is 6.16. The predicted molar refractivity (Wildman–Crippen MR) is 115 cm³/mol. The Morgan fingerprint density at radius 2 is 1.37 bits per heavy atom. The largest absolute Gasteiger partial charge is 0.241 e. The molecule has 0 saturated heterocycles. The standard InChI is InChI=1S/C25H36N2/c1-3-5-7-21-8-10-22(11-9-21)14-17-25-26-18-24(19-27-25)23-15-12-20(6-4-2)13-16-23/h12-13,15-16,18-19,21-22H,3-11,14,17H2,1-2H3. The van der Waals surface area contributed by atoms with Crippen LogP contribution in [0, 0.1) is 11.8 Å². The van der Waals surface area contributed by atoms with E-state index in [2.05, 4.69) is 48.1 Å². The molecule has 1 aromatic carbocycles. The molecule has 0 spiro atoms. The Morgan fingerprint density at radius 3 is 1.96 bits per heavy atom. The molecule has 0 N–H and O–H groups in total. The average Bonchev–Trinajstić information content (AvgIpc) is 2.73. The minimum Gasteiger partial charge on any atom is -0.241 e. The van der Waals surface area contributed by atoms with Gasteiger partial charge in [0.1, 0.15) is 5.82 Å². The molecule has 2 nitrogen and oxygen atoms in total. The van der Waals surface area contributed by atoms with E-state index in [0.29, 0.717) is 0 Å². The van der Waals surface area contributed by atoms with Gasteiger partial charge in [0, 0.05) is 24.4 Å². The number of aryl methyl sites for hydroxylation is 2. The topological polar surface area (TPSA) is 25.8 Å². The molecule has 0 bridgehead atoms. The van der Waals surface area contributed by atoms with Crippen molar-refractivity contribution in [2.45, 2.75) is 84.5 Å². The Kier molecular flexibility index (Phi) is 7.86. The first-order valence-corrected chi connectivity index (χ1v) is 11.2. The summed E-state index contributed by atoms with van der Waals surface area (Å²) < 4.78 is 0. The summed E-state index contributed by atoms with van der Waals surface area (Å²) in [4.78, 5) is 9.29. The molecule has 1 fully saturated rings. The lowest BCUT2D eigenvalue weighted by molar-refractivity contribution is 0.249. The zero-order valence-corrected chi connectivity index (χ0v) is 17.3. The molecule has 0 amide bonds. The van der Waals surface area contributed by atoms with E-state index in [0.717, 1.165) is 36.1 Å². The maximum atomic E-state index is 4.64. The van der Waals surface area contributed by atoms with Crippen molar-refractivity contribution in [3.05, 3.63) is 48.0 Å². The van der Waals surface area contributed by atoms with Crippen molar-refractivity contribution in [1.29, 1.82) is 0 Å². The second-order valence-corrected chi connectivity index (χ2v) is 8.40. The quantitative estimate of drug-likeness (QED) is 0.477. The summed E-state index contributed by atoms with van der Waals surface area (Å²) in [5.74, 6) is 2.90. The summed E-state index contributed by atoms with van der Waals surface area (Å²) in [5, 5.41) is 0. The van der Waals surface area contributed by atoms with E-state index in [1.807, 2.05) is 12.4 Å². The highest BCUT2D eigenvalue weighted by atomic mass is 14.9. The summed E-state index contributed by atoms with van der Waals surface area (Å²) in [6.07, 6.45) is 18.5. The van der Waals surface area contributed by atoms with E-state index in [1.54, 1.807) is 0 Å². The Labute approximate surface area is 165 Å². The molecular weight excluding hydrogens is 328 g/mol. The van der Waals surface area contributed by atoms with Crippen LogP contribution in [-0.4, -0.2) is 9.97 Å². The predicted octanol–water partition coefficient (Wildman–Crippen LogP) is 7.03. The van der Waals surface area contributed by atoms with Crippen molar-refractivity contribution in [2.24, 2.45) is 11.8 Å². The molecule has 1 aromatic heterocycles. The van der Waals surface area contributed by atoms with Crippen molar-refractivity contribution >= 4 is 0 Å². The minimum absolute atomic E-state index is 0.886. The van der Waals surface area contributed by atoms with Gasteiger partial charge < -0.3 is 0 Å². The maximum Gasteiger partial charge on any atom is 0.128 e. The number of hydrogen-bond donors (Lipinski definition) is 0. The van der Waals surface area contributed by atoms with Crippen LogP contribution in [0.1, 0.15) is 83.0 Å². The monoisotopic (exact) mass is 364 g/mol. The van der Waals surface area contributed by atoms with E-state index in [4.69, 9.17) is 0 Å². The number of aromatic nitrogens is 2.